The smallest absolute Gasteiger partial charge is 0.312 e. The van der Waals surface area contributed by atoms with Crippen molar-refractivity contribution in [3.63, 3.8) is 0 Å². The molecule has 1 saturated heterocycles. The summed E-state index contributed by atoms with van der Waals surface area (Å²) in [6.07, 6.45) is 0. The van der Waals surface area contributed by atoms with Crippen LogP contribution in [0.2, 0.25) is 0 Å². The Morgan fingerprint density at radius 2 is 1.68 bits per heavy atom. The molecule has 8 heteroatoms. The molecule has 150 valence electrons. The van der Waals surface area contributed by atoms with Crippen LogP contribution in [0.25, 0.3) is 10.9 Å². The molecule has 0 saturated carbocycles. The van der Waals surface area contributed by atoms with Gasteiger partial charge >= 0.3 is 11.8 Å². The fourth-order valence-corrected chi connectivity index (χ4v) is 3.26. The van der Waals surface area contributed by atoms with Crippen molar-refractivity contribution in [2.24, 2.45) is 0 Å². The summed E-state index contributed by atoms with van der Waals surface area (Å²) < 4.78 is 13.7. The summed E-state index contributed by atoms with van der Waals surface area (Å²) in [5.74, 6) is -1.74. The molecule has 2 aromatic rings. The van der Waals surface area contributed by atoms with Gasteiger partial charge in [0.15, 0.2) is 0 Å². The largest absolute Gasteiger partial charge is 0.351 e. The SMILES string of the molecule is Cc1c(F)ccc2[nH]c(C(=O)N3CCN(C(=O)C(=O)NC(C)(C)C)CC3)cc12. The van der Waals surface area contributed by atoms with Crippen LogP contribution in [0.1, 0.15) is 36.8 Å². The average Bonchev–Trinajstić information content (AvgIpc) is 3.07. The van der Waals surface area contributed by atoms with Crippen LogP contribution in [0, 0.1) is 12.7 Å². The number of benzene rings is 1. The number of amides is 3. The normalized spacial score (nSPS) is 15.0. The Morgan fingerprint density at radius 3 is 2.29 bits per heavy atom. The molecule has 3 rings (SSSR count). The zero-order chi connectivity index (χ0) is 20.6. The van der Waals surface area contributed by atoms with E-state index in [9.17, 15) is 18.8 Å². The first-order valence-electron chi connectivity index (χ1n) is 9.25. The van der Waals surface area contributed by atoms with Crippen LogP contribution in [-0.2, 0) is 9.59 Å². The van der Waals surface area contributed by atoms with E-state index in [0.29, 0.717) is 35.2 Å². The molecule has 2 heterocycles. The summed E-state index contributed by atoms with van der Waals surface area (Å²) in [6.45, 7) is 8.33. The number of H-pyrrole nitrogens is 1. The minimum absolute atomic E-state index is 0.206. The van der Waals surface area contributed by atoms with Gasteiger partial charge in [-0.2, -0.15) is 0 Å². The highest BCUT2D eigenvalue weighted by Gasteiger charge is 2.30. The summed E-state index contributed by atoms with van der Waals surface area (Å²) in [4.78, 5) is 43.2. The quantitative estimate of drug-likeness (QED) is 0.731. The van der Waals surface area contributed by atoms with Crippen molar-refractivity contribution in [1.82, 2.24) is 20.1 Å². The van der Waals surface area contributed by atoms with Crippen molar-refractivity contribution in [3.05, 3.63) is 35.3 Å². The molecular formula is C20H25FN4O3. The van der Waals surface area contributed by atoms with E-state index >= 15 is 0 Å². The predicted molar refractivity (Wildman–Crippen MR) is 103 cm³/mol. The third-order valence-electron chi connectivity index (χ3n) is 4.77. The maximum absolute atomic E-state index is 13.7. The topological polar surface area (TPSA) is 85.5 Å². The van der Waals surface area contributed by atoms with Gasteiger partial charge in [0.1, 0.15) is 11.5 Å². The molecule has 0 spiro atoms. The third kappa shape index (κ3) is 4.00. The molecule has 1 aromatic carbocycles. The molecule has 0 aliphatic carbocycles. The fourth-order valence-electron chi connectivity index (χ4n) is 3.26. The number of halogens is 1. The van der Waals surface area contributed by atoms with Crippen molar-refractivity contribution in [3.8, 4) is 0 Å². The van der Waals surface area contributed by atoms with Crippen LogP contribution in [0.3, 0.4) is 0 Å². The average molecular weight is 388 g/mol. The standard InChI is InChI=1S/C20H25FN4O3/c1-12-13-11-16(22-15(13)6-5-14(12)21)18(27)24-7-9-25(10-8-24)19(28)17(26)23-20(2,3)4/h5-6,11,22H,7-10H2,1-4H3,(H,23,26). The predicted octanol–water partition coefficient (Wildman–Crippen LogP) is 1.81. The number of hydrogen-bond donors (Lipinski definition) is 2. The Morgan fingerprint density at radius 1 is 1.07 bits per heavy atom. The number of hydrogen-bond acceptors (Lipinski definition) is 3. The fraction of sp³-hybridized carbons (Fsp3) is 0.450. The molecule has 1 aromatic heterocycles. The summed E-state index contributed by atoms with van der Waals surface area (Å²) in [7, 11) is 0. The van der Waals surface area contributed by atoms with Crippen molar-refractivity contribution < 1.29 is 18.8 Å². The highest BCUT2D eigenvalue weighted by molar-refractivity contribution is 6.35. The van der Waals surface area contributed by atoms with Gasteiger partial charge in [0.05, 0.1) is 0 Å². The summed E-state index contributed by atoms with van der Waals surface area (Å²) in [6, 6.07) is 4.64. The molecule has 1 aliphatic rings. The van der Waals surface area contributed by atoms with Gasteiger partial charge in [0, 0.05) is 42.6 Å². The van der Waals surface area contributed by atoms with E-state index in [1.54, 1.807) is 24.0 Å². The van der Waals surface area contributed by atoms with E-state index in [4.69, 9.17) is 0 Å². The number of carbonyl (C=O) groups is 3. The Kier molecular flexibility index (Phi) is 5.14. The second-order valence-corrected chi connectivity index (χ2v) is 8.11. The Bertz CT molecular complexity index is 937. The minimum atomic E-state index is -0.639. The Labute approximate surface area is 162 Å². The summed E-state index contributed by atoms with van der Waals surface area (Å²) in [5.41, 5.74) is 1.09. The minimum Gasteiger partial charge on any atom is -0.351 e. The Hall–Kier alpha value is -2.90. The number of aryl methyl sites for hydroxylation is 1. The van der Waals surface area contributed by atoms with Gasteiger partial charge < -0.3 is 20.1 Å². The van der Waals surface area contributed by atoms with Gasteiger partial charge in [-0.3, -0.25) is 14.4 Å². The van der Waals surface area contributed by atoms with Gasteiger partial charge in [-0.15, -0.1) is 0 Å². The van der Waals surface area contributed by atoms with Crippen LogP contribution < -0.4 is 5.32 Å². The van der Waals surface area contributed by atoms with E-state index in [0.717, 1.165) is 0 Å². The molecule has 2 N–H and O–H groups in total. The first kappa shape index (κ1) is 19.9. The molecular weight excluding hydrogens is 363 g/mol. The van der Waals surface area contributed by atoms with Gasteiger partial charge in [0.25, 0.3) is 5.91 Å². The van der Waals surface area contributed by atoms with E-state index in [2.05, 4.69) is 10.3 Å². The lowest BCUT2D eigenvalue weighted by Crippen LogP contribution is -2.55. The number of rotatable bonds is 1. The van der Waals surface area contributed by atoms with Crippen molar-refractivity contribution in [2.75, 3.05) is 26.2 Å². The molecule has 1 aliphatic heterocycles. The summed E-state index contributed by atoms with van der Waals surface area (Å²) in [5, 5.41) is 3.33. The van der Waals surface area contributed by atoms with Gasteiger partial charge in [-0.25, -0.2) is 4.39 Å². The second kappa shape index (κ2) is 7.26. The number of piperazine rings is 1. The van der Waals surface area contributed by atoms with Crippen LogP contribution in [0.5, 0.6) is 0 Å². The number of aromatic nitrogens is 1. The van der Waals surface area contributed by atoms with Crippen LogP contribution in [0.15, 0.2) is 18.2 Å². The highest BCUT2D eigenvalue weighted by Crippen LogP contribution is 2.23. The maximum atomic E-state index is 13.7. The molecule has 28 heavy (non-hydrogen) atoms. The monoisotopic (exact) mass is 388 g/mol. The van der Waals surface area contributed by atoms with Crippen LogP contribution >= 0.6 is 0 Å². The van der Waals surface area contributed by atoms with Gasteiger partial charge in [-0.1, -0.05) is 0 Å². The zero-order valence-corrected chi connectivity index (χ0v) is 16.6. The highest BCUT2D eigenvalue weighted by atomic mass is 19.1. The van der Waals surface area contributed by atoms with Crippen molar-refractivity contribution >= 4 is 28.6 Å². The molecule has 1 fully saturated rings. The molecule has 3 amide bonds. The molecule has 0 atom stereocenters. The molecule has 0 radical (unpaired) electrons. The second-order valence-electron chi connectivity index (χ2n) is 8.11. The first-order chi connectivity index (χ1) is 13.1. The lowest BCUT2D eigenvalue weighted by atomic mass is 10.1. The Balaban J connectivity index is 1.65. The molecule has 0 unspecified atom stereocenters. The summed E-state index contributed by atoms with van der Waals surface area (Å²) >= 11 is 0. The van der Waals surface area contributed by atoms with Crippen molar-refractivity contribution in [2.45, 2.75) is 33.2 Å². The third-order valence-corrected chi connectivity index (χ3v) is 4.77. The van der Waals surface area contributed by atoms with E-state index in [1.165, 1.54) is 11.0 Å². The lowest BCUT2D eigenvalue weighted by Gasteiger charge is -2.34. The van der Waals surface area contributed by atoms with Crippen LogP contribution in [0.4, 0.5) is 4.39 Å². The first-order valence-corrected chi connectivity index (χ1v) is 9.25. The van der Waals surface area contributed by atoms with Crippen molar-refractivity contribution in [1.29, 1.82) is 0 Å². The number of nitrogens with one attached hydrogen (secondary N) is 2. The number of nitrogens with zero attached hydrogens (tertiary/aromatic N) is 2. The van der Waals surface area contributed by atoms with E-state index in [1.807, 2.05) is 20.8 Å². The lowest BCUT2D eigenvalue weighted by molar-refractivity contribution is -0.147. The van der Waals surface area contributed by atoms with Crippen LogP contribution in [-0.4, -0.2) is 64.2 Å². The number of fused-ring (bicyclic) bond motifs is 1. The molecule has 0 bridgehead atoms. The number of carbonyl (C=O) groups excluding carboxylic acids is 3. The molecule has 7 nitrogen and oxygen atoms in total. The van der Waals surface area contributed by atoms with Gasteiger partial charge in [0.2, 0.25) is 0 Å². The number of aromatic amines is 1. The van der Waals surface area contributed by atoms with E-state index < -0.39 is 17.4 Å². The zero-order valence-electron chi connectivity index (χ0n) is 16.6. The van der Waals surface area contributed by atoms with Gasteiger partial charge in [-0.05, 0) is 51.5 Å². The maximum Gasteiger partial charge on any atom is 0.312 e. The van der Waals surface area contributed by atoms with E-state index in [-0.39, 0.29) is 24.8 Å².